The first kappa shape index (κ1) is 15.0. The van der Waals surface area contributed by atoms with Crippen LogP contribution < -0.4 is 5.32 Å². The van der Waals surface area contributed by atoms with Crippen LogP contribution in [0.1, 0.15) is 35.5 Å². The molecule has 2 rings (SSSR count). The molecule has 1 unspecified atom stereocenters. The Morgan fingerprint density at radius 3 is 2.70 bits per heavy atom. The fourth-order valence-electron chi connectivity index (χ4n) is 2.45. The number of nitrogens with zero attached hydrogens (tertiary/aromatic N) is 2. The average molecular weight is 296 g/mol. The Bertz CT molecular complexity index is 622. The lowest BCUT2D eigenvalue weighted by atomic mass is 10.1. The van der Waals surface area contributed by atoms with E-state index < -0.39 is 0 Å². The van der Waals surface area contributed by atoms with Crippen molar-refractivity contribution in [3.63, 3.8) is 0 Å². The van der Waals surface area contributed by atoms with Gasteiger partial charge in [-0.05, 0) is 45.5 Å². The van der Waals surface area contributed by atoms with Crippen molar-refractivity contribution in [2.24, 2.45) is 0 Å². The van der Waals surface area contributed by atoms with E-state index in [0.717, 1.165) is 17.0 Å². The molecule has 0 fully saturated rings. The maximum Gasteiger partial charge on any atom is 0.124 e. The zero-order chi connectivity index (χ0) is 14.9. The largest absolute Gasteiger partial charge is 0.313 e. The summed E-state index contributed by atoms with van der Waals surface area (Å²) in [6, 6.07) is 4.70. The normalized spacial score (nSPS) is 12.7. The number of rotatable bonds is 4. The van der Waals surface area contributed by atoms with Crippen LogP contribution in [0.2, 0.25) is 5.02 Å². The highest BCUT2D eigenvalue weighted by Gasteiger charge is 2.16. The summed E-state index contributed by atoms with van der Waals surface area (Å²) in [6.07, 6.45) is 0. The number of hydrogen-bond donors (Lipinski definition) is 1. The van der Waals surface area contributed by atoms with Crippen molar-refractivity contribution < 1.29 is 4.39 Å². The molecule has 0 radical (unpaired) electrons. The van der Waals surface area contributed by atoms with Crippen LogP contribution in [0.3, 0.4) is 0 Å². The monoisotopic (exact) mass is 295 g/mol. The third-order valence-electron chi connectivity index (χ3n) is 3.64. The summed E-state index contributed by atoms with van der Waals surface area (Å²) in [6.45, 7) is 6.69. The molecule has 0 spiro atoms. The molecular weight excluding hydrogens is 277 g/mol. The van der Waals surface area contributed by atoms with Crippen LogP contribution in [0.4, 0.5) is 4.39 Å². The van der Waals surface area contributed by atoms with Crippen molar-refractivity contribution in [3.05, 3.63) is 51.6 Å². The highest BCUT2D eigenvalue weighted by atomic mass is 35.5. The summed E-state index contributed by atoms with van der Waals surface area (Å²) in [5.74, 6) is -0.323. The van der Waals surface area contributed by atoms with Gasteiger partial charge in [-0.2, -0.15) is 5.10 Å². The predicted octanol–water partition coefficient (Wildman–Crippen LogP) is 3.62. The third-order valence-corrected chi connectivity index (χ3v) is 3.99. The molecule has 0 aliphatic heterocycles. The first-order valence-corrected chi connectivity index (χ1v) is 6.97. The van der Waals surface area contributed by atoms with Gasteiger partial charge in [-0.25, -0.2) is 4.39 Å². The van der Waals surface area contributed by atoms with Gasteiger partial charge >= 0.3 is 0 Å². The molecule has 0 aliphatic rings. The molecule has 0 amide bonds. The van der Waals surface area contributed by atoms with Crippen molar-refractivity contribution in [3.8, 4) is 0 Å². The quantitative estimate of drug-likeness (QED) is 0.933. The summed E-state index contributed by atoms with van der Waals surface area (Å²) in [7, 11) is 1.93. The summed E-state index contributed by atoms with van der Waals surface area (Å²) in [5.41, 5.74) is 4.17. The molecule has 1 N–H and O–H groups in total. The minimum atomic E-state index is -0.323. The van der Waals surface area contributed by atoms with E-state index in [1.54, 1.807) is 6.07 Å². The highest BCUT2D eigenvalue weighted by Crippen LogP contribution is 2.23. The zero-order valence-corrected chi connectivity index (χ0v) is 12.9. The highest BCUT2D eigenvalue weighted by molar-refractivity contribution is 6.31. The van der Waals surface area contributed by atoms with Gasteiger partial charge in [-0.3, -0.25) is 4.68 Å². The maximum atomic E-state index is 13.1. The first-order valence-electron chi connectivity index (χ1n) is 6.59. The van der Waals surface area contributed by atoms with Crippen LogP contribution in [0.15, 0.2) is 18.2 Å². The van der Waals surface area contributed by atoms with Crippen LogP contribution in [-0.4, -0.2) is 16.8 Å². The minimum Gasteiger partial charge on any atom is -0.313 e. The van der Waals surface area contributed by atoms with Crippen LogP contribution in [0.5, 0.6) is 0 Å². The second kappa shape index (κ2) is 5.94. The number of halogens is 2. The van der Waals surface area contributed by atoms with Gasteiger partial charge in [0.05, 0.1) is 12.2 Å². The average Bonchev–Trinajstić information content (AvgIpc) is 2.67. The molecule has 3 nitrogen and oxygen atoms in total. The van der Waals surface area contributed by atoms with Crippen LogP contribution in [-0.2, 0) is 6.54 Å². The van der Waals surface area contributed by atoms with Gasteiger partial charge in [-0.1, -0.05) is 17.7 Å². The van der Waals surface area contributed by atoms with Crippen molar-refractivity contribution >= 4 is 11.6 Å². The second-order valence-electron chi connectivity index (χ2n) is 4.99. The second-order valence-corrected chi connectivity index (χ2v) is 5.40. The number of aryl methyl sites for hydroxylation is 1. The van der Waals surface area contributed by atoms with Crippen LogP contribution >= 0.6 is 11.6 Å². The molecule has 2 aromatic rings. The lowest BCUT2D eigenvalue weighted by Crippen LogP contribution is -2.14. The van der Waals surface area contributed by atoms with Gasteiger partial charge in [0.2, 0.25) is 0 Å². The molecule has 0 saturated carbocycles. The van der Waals surface area contributed by atoms with E-state index in [1.807, 2.05) is 25.6 Å². The Morgan fingerprint density at radius 1 is 1.40 bits per heavy atom. The Hall–Kier alpha value is -1.39. The summed E-state index contributed by atoms with van der Waals surface area (Å²) in [4.78, 5) is 0. The smallest absolute Gasteiger partial charge is 0.124 e. The lowest BCUT2D eigenvalue weighted by Gasteiger charge is -2.12. The molecule has 1 heterocycles. The van der Waals surface area contributed by atoms with E-state index in [2.05, 4.69) is 17.3 Å². The van der Waals surface area contributed by atoms with Crippen molar-refractivity contribution in [2.45, 2.75) is 33.4 Å². The van der Waals surface area contributed by atoms with E-state index in [-0.39, 0.29) is 11.9 Å². The van der Waals surface area contributed by atoms with E-state index in [0.29, 0.717) is 11.6 Å². The fourth-order valence-corrected chi connectivity index (χ4v) is 2.67. The minimum absolute atomic E-state index is 0.243. The molecule has 20 heavy (non-hydrogen) atoms. The van der Waals surface area contributed by atoms with Crippen LogP contribution in [0, 0.1) is 19.7 Å². The molecule has 1 atom stereocenters. The van der Waals surface area contributed by atoms with Crippen molar-refractivity contribution in [1.29, 1.82) is 0 Å². The molecule has 0 aliphatic carbocycles. The van der Waals surface area contributed by atoms with E-state index >= 15 is 0 Å². The van der Waals surface area contributed by atoms with Gasteiger partial charge in [-0.15, -0.1) is 0 Å². The maximum absolute atomic E-state index is 13.1. The molecule has 0 bridgehead atoms. The van der Waals surface area contributed by atoms with E-state index in [4.69, 9.17) is 11.6 Å². The number of nitrogens with one attached hydrogen (secondary N) is 1. The van der Waals surface area contributed by atoms with Crippen LogP contribution in [0.25, 0.3) is 0 Å². The van der Waals surface area contributed by atoms with Crippen molar-refractivity contribution in [1.82, 2.24) is 15.1 Å². The topological polar surface area (TPSA) is 29.9 Å². The molecule has 108 valence electrons. The Kier molecular flexibility index (Phi) is 4.45. The summed E-state index contributed by atoms with van der Waals surface area (Å²) >= 11 is 6.07. The third kappa shape index (κ3) is 2.86. The molecule has 1 aromatic heterocycles. The molecular formula is C15H19ClFN3. The number of aromatic nitrogens is 2. The summed E-state index contributed by atoms with van der Waals surface area (Å²) < 4.78 is 15.0. The molecule has 5 heteroatoms. The number of benzene rings is 1. The molecule has 1 aromatic carbocycles. The predicted molar refractivity (Wildman–Crippen MR) is 79.7 cm³/mol. The number of hydrogen-bond acceptors (Lipinski definition) is 2. The van der Waals surface area contributed by atoms with Gasteiger partial charge in [0.25, 0.3) is 0 Å². The Labute approximate surface area is 123 Å². The Morgan fingerprint density at radius 2 is 2.10 bits per heavy atom. The van der Waals surface area contributed by atoms with Gasteiger partial charge < -0.3 is 5.32 Å². The van der Waals surface area contributed by atoms with Gasteiger partial charge in [0, 0.05) is 22.3 Å². The fraction of sp³-hybridized carbons (Fsp3) is 0.400. The van der Waals surface area contributed by atoms with E-state index in [9.17, 15) is 4.39 Å². The lowest BCUT2D eigenvalue weighted by molar-refractivity contribution is 0.620. The Balaban J connectivity index is 2.35. The van der Waals surface area contributed by atoms with Gasteiger partial charge in [0.15, 0.2) is 0 Å². The molecule has 0 saturated heterocycles. The van der Waals surface area contributed by atoms with Crippen molar-refractivity contribution in [2.75, 3.05) is 7.05 Å². The van der Waals surface area contributed by atoms with E-state index in [1.165, 1.54) is 17.7 Å². The summed E-state index contributed by atoms with van der Waals surface area (Å²) in [5, 5.41) is 8.22. The SMILES string of the molecule is CNC(C)c1c(C)nn(Cc2ccc(F)cc2Cl)c1C. The first-order chi connectivity index (χ1) is 9.43. The zero-order valence-electron chi connectivity index (χ0n) is 12.2. The standard InChI is InChI=1S/C15H19ClFN3/c1-9(18-4)15-10(2)19-20(11(15)3)8-12-5-6-13(17)7-14(12)16/h5-7,9,18H,8H2,1-4H3. The van der Waals surface area contributed by atoms with Gasteiger partial charge in [0.1, 0.15) is 5.82 Å².